The van der Waals surface area contributed by atoms with Crippen LogP contribution in [0.3, 0.4) is 0 Å². The standard InChI is InChI=1S/C18H22O2S/c1-14-12-17(20-10-7-11-21(3)19)13-15(2)18(14)16-8-5-4-6-9-16/h4-6,8-9,12-13H,7,10-11H2,1-3H3/t21-/m1/s1. The first-order valence-corrected chi connectivity index (χ1v) is 8.90. The second-order valence-corrected chi connectivity index (χ2v) is 6.83. The first-order chi connectivity index (χ1) is 10.1. The second kappa shape index (κ2) is 7.41. The molecule has 112 valence electrons. The van der Waals surface area contributed by atoms with Crippen molar-refractivity contribution in [1.82, 2.24) is 0 Å². The summed E-state index contributed by atoms with van der Waals surface area (Å²) in [6.07, 6.45) is 2.55. The van der Waals surface area contributed by atoms with Gasteiger partial charge < -0.3 is 4.74 Å². The molecular formula is C18H22O2S. The minimum Gasteiger partial charge on any atom is -0.494 e. The maximum Gasteiger partial charge on any atom is 0.119 e. The molecule has 0 heterocycles. The lowest BCUT2D eigenvalue weighted by Gasteiger charge is -2.14. The van der Waals surface area contributed by atoms with Gasteiger partial charge in [0.15, 0.2) is 0 Å². The molecule has 0 aliphatic heterocycles. The van der Waals surface area contributed by atoms with Crippen molar-refractivity contribution in [3.63, 3.8) is 0 Å². The predicted molar refractivity (Wildman–Crippen MR) is 90.4 cm³/mol. The van der Waals surface area contributed by atoms with Crippen LogP contribution >= 0.6 is 0 Å². The van der Waals surface area contributed by atoms with Crippen molar-refractivity contribution in [3.8, 4) is 16.9 Å². The van der Waals surface area contributed by atoms with Crippen molar-refractivity contribution in [2.75, 3.05) is 18.6 Å². The molecule has 0 aliphatic rings. The Morgan fingerprint density at radius 3 is 2.24 bits per heavy atom. The van der Waals surface area contributed by atoms with Gasteiger partial charge >= 0.3 is 0 Å². The van der Waals surface area contributed by atoms with Crippen LogP contribution in [0.15, 0.2) is 42.5 Å². The Bertz CT molecular complexity index is 597. The summed E-state index contributed by atoms with van der Waals surface area (Å²) in [4.78, 5) is 0. The van der Waals surface area contributed by atoms with Gasteiger partial charge in [0, 0.05) is 22.8 Å². The van der Waals surface area contributed by atoms with E-state index < -0.39 is 10.8 Å². The molecule has 2 rings (SSSR count). The summed E-state index contributed by atoms with van der Waals surface area (Å²) >= 11 is 0. The van der Waals surface area contributed by atoms with E-state index in [1.165, 1.54) is 22.3 Å². The number of ether oxygens (including phenoxy) is 1. The third-order valence-electron chi connectivity index (χ3n) is 3.41. The summed E-state index contributed by atoms with van der Waals surface area (Å²) < 4.78 is 16.8. The SMILES string of the molecule is Cc1cc(OCCC[S@@](C)=O)cc(C)c1-c1ccccc1. The van der Waals surface area contributed by atoms with Gasteiger partial charge in [-0.3, -0.25) is 4.21 Å². The van der Waals surface area contributed by atoms with E-state index in [2.05, 4.69) is 50.2 Å². The van der Waals surface area contributed by atoms with Crippen molar-refractivity contribution in [2.24, 2.45) is 0 Å². The van der Waals surface area contributed by atoms with Crippen LogP contribution in [-0.4, -0.2) is 22.8 Å². The van der Waals surface area contributed by atoms with E-state index in [9.17, 15) is 4.21 Å². The molecule has 0 bridgehead atoms. The van der Waals surface area contributed by atoms with E-state index in [1.54, 1.807) is 6.26 Å². The Kier molecular flexibility index (Phi) is 5.57. The highest BCUT2D eigenvalue weighted by atomic mass is 32.2. The summed E-state index contributed by atoms with van der Waals surface area (Å²) in [5.41, 5.74) is 4.95. The number of aryl methyl sites for hydroxylation is 2. The van der Waals surface area contributed by atoms with E-state index in [0.717, 1.165) is 12.2 Å². The zero-order valence-corrected chi connectivity index (χ0v) is 13.7. The molecule has 0 saturated heterocycles. The topological polar surface area (TPSA) is 26.3 Å². The molecule has 0 amide bonds. The van der Waals surface area contributed by atoms with Gasteiger partial charge in [0.25, 0.3) is 0 Å². The lowest BCUT2D eigenvalue weighted by atomic mass is 9.95. The minimum atomic E-state index is -0.741. The molecule has 21 heavy (non-hydrogen) atoms. The van der Waals surface area contributed by atoms with Crippen LogP contribution in [-0.2, 0) is 10.8 Å². The van der Waals surface area contributed by atoms with E-state index in [1.807, 2.05) is 6.07 Å². The van der Waals surface area contributed by atoms with E-state index in [0.29, 0.717) is 12.4 Å². The van der Waals surface area contributed by atoms with Crippen LogP contribution in [0.2, 0.25) is 0 Å². The smallest absolute Gasteiger partial charge is 0.119 e. The van der Waals surface area contributed by atoms with Crippen LogP contribution < -0.4 is 4.74 Å². The Morgan fingerprint density at radius 2 is 1.67 bits per heavy atom. The Labute approximate surface area is 129 Å². The molecule has 0 unspecified atom stereocenters. The van der Waals surface area contributed by atoms with Crippen molar-refractivity contribution >= 4 is 10.8 Å². The Hall–Kier alpha value is -1.61. The van der Waals surface area contributed by atoms with Gasteiger partial charge in [-0.2, -0.15) is 0 Å². The van der Waals surface area contributed by atoms with Crippen LogP contribution in [0, 0.1) is 13.8 Å². The molecule has 2 aromatic rings. The quantitative estimate of drug-likeness (QED) is 0.750. The number of hydrogen-bond acceptors (Lipinski definition) is 2. The predicted octanol–water partition coefficient (Wildman–Crippen LogP) is 4.12. The third kappa shape index (κ3) is 4.43. The normalized spacial score (nSPS) is 12.1. The first-order valence-electron chi connectivity index (χ1n) is 7.17. The Balaban J connectivity index is 2.12. The number of rotatable bonds is 6. The molecule has 0 saturated carbocycles. The first kappa shape index (κ1) is 15.8. The fourth-order valence-electron chi connectivity index (χ4n) is 2.52. The zero-order valence-electron chi connectivity index (χ0n) is 12.9. The highest BCUT2D eigenvalue weighted by molar-refractivity contribution is 7.84. The van der Waals surface area contributed by atoms with Crippen molar-refractivity contribution in [2.45, 2.75) is 20.3 Å². The van der Waals surface area contributed by atoms with Gasteiger partial charge in [0.1, 0.15) is 5.75 Å². The molecule has 3 heteroatoms. The lowest BCUT2D eigenvalue weighted by molar-refractivity contribution is 0.318. The van der Waals surface area contributed by atoms with Gasteiger partial charge in [0.2, 0.25) is 0 Å². The molecular weight excluding hydrogens is 280 g/mol. The number of benzene rings is 2. The average Bonchev–Trinajstić information content (AvgIpc) is 2.44. The number of hydrogen-bond donors (Lipinski definition) is 0. The van der Waals surface area contributed by atoms with Crippen molar-refractivity contribution < 1.29 is 8.95 Å². The molecule has 0 fully saturated rings. The molecule has 0 radical (unpaired) electrons. The maximum atomic E-state index is 11.0. The van der Waals surface area contributed by atoms with Crippen LogP contribution in [0.5, 0.6) is 5.75 Å². The molecule has 0 aliphatic carbocycles. The van der Waals surface area contributed by atoms with E-state index >= 15 is 0 Å². The summed E-state index contributed by atoms with van der Waals surface area (Å²) in [5, 5.41) is 0. The molecule has 2 nitrogen and oxygen atoms in total. The molecule has 1 atom stereocenters. The summed E-state index contributed by atoms with van der Waals surface area (Å²) in [6, 6.07) is 14.6. The summed E-state index contributed by atoms with van der Waals surface area (Å²) in [7, 11) is -0.741. The second-order valence-electron chi connectivity index (χ2n) is 5.28. The molecule has 2 aromatic carbocycles. The van der Waals surface area contributed by atoms with Gasteiger partial charge in [-0.15, -0.1) is 0 Å². The maximum absolute atomic E-state index is 11.0. The zero-order chi connectivity index (χ0) is 15.2. The third-order valence-corrected chi connectivity index (χ3v) is 4.28. The van der Waals surface area contributed by atoms with Crippen LogP contribution in [0.25, 0.3) is 11.1 Å². The van der Waals surface area contributed by atoms with Crippen LogP contribution in [0.4, 0.5) is 0 Å². The fraction of sp³-hybridized carbons (Fsp3) is 0.333. The van der Waals surface area contributed by atoms with Gasteiger partial charge in [-0.1, -0.05) is 30.3 Å². The summed E-state index contributed by atoms with van der Waals surface area (Å²) in [6.45, 7) is 4.84. The largest absolute Gasteiger partial charge is 0.494 e. The molecule has 0 spiro atoms. The average molecular weight is 302 g/mol. The highest BCUT2D eigenvalue weighted by Gasteiger charge is 2.08. The molecule has 0 aromatic heterocycles. The van der Waals surface area contributed by atoms with Gasteiger partial charge in [0.05, 0.1) is 6.61 Å². The van der Waals surface area contributed by atoms with E-state index in [-0.39, 0.29) is 0 Å². The minimum absolute atomic E-state index is 0.614. The van der Waals surface area contributed by atoms with Crippen molar-refractivity contribution in [3.05, 3.63) is 53.6 Å². The summed E-state index contributed by atoms with van der Waals surface area (Å²) in [5.74, 6) is 1.59. The van der Waals surface area contributed by atoms with E-state index in [4.69, 9.17) is 4.74 Å². The monoisotopic (exact) mass is 302 g/mol. The Morgan fingerprint density at radius 1 is 1.05 bits per heavy atom. The van der Waals surface area contributed by atoms with Gasteiger partial charge in [-0.25, -0.2) is 0 Å². The lowest BCUT2D eigenvalue weighted by Crippen LogP contribution is -2.04. The van der Waals surface area contributed by atoms with Crippen LogP contribution in [0.1, 0.15) is 17.5 Å². The van der Waals surface area contributed by atoms with Gasteiger partial charge in [-0.05, 0) is 54.7 Å². The van der Waals surface area contributed by atoms with Crippen molar-refractivity contribution in [1.29, 1.82) is 0 Å². The highest BCUT2D eigenvalue weighted by Crippen LogP contribution is 2.30. The fourth-order valence-corrected chi connectivity index (χ4v) is 3.04. The molecule has 0 N–H and O–H groups in total.